The molecule has 2 rings (SSSR count). The summed E-state index contributed by atoms with van der Waals surface area (Å²) in [6.07, 6.45) is 2.07. The Hall–Kier alpha value is -2.24. The SMILES string of the molecule is CC(C)(C)c1noc(CCCC(=O)NCCc2ccccc2F)n1. The second-order valence-corrected chi connectivity index (χ2v) is 6.81. The van der Waals surface area contributed by atoms with Crippen molar-refractivity contribution >= 4 is 5.91 Å². The number of hydrogen-bond acceptors (Lipinski definition) is 4. The average Bonchev–Trinajstić information content (AvgIpc) is 2.98. The lowest BCUT2D eigenvalue weighted by Gasteiger charge is -2.10. The molecule has 2 aromatic rings. The monoisotopic (exact) mass is 333 g/mol. The van der Waals surface area contributed by atoms with Gasteiger partial charge in [-0.1, -0.05) is 44.1 Å². The summed E-state index contributed by atoms with van der Waals surface area (Å²) in [5.74, 6) is 0.936. The van der Waals surface area contributed by atoms with Gasteiger partial charge in [0.2, 0.25) is 11.8 Å². The van der Waals surface area contributed by atoms with Gasteiger partial charge in [-0.05, 0) is 24.5 Å². The highest BCUT2D eigenvalue weighted by Crippen LogP contribution is 2.18. The van der Waals surface area contributed by atoms with Crippen LogP contribution in [0.4, 0.5) is 4.39 Å². The zero-order chi connectivity index (χ0) is 17.6. The van der Waals surface area contributed by atoms with E-state index in [1.54, 1.807) is 18.2 Å². The molecule has 6 heteroatoms. The first-order valence-corrected chi connectivity index (χ1v) is 8.19. The van der Waals surface area contributed by atoms with Gasteiger partial charge >= 0.3 is 0 Å². The van der Waals surface area contributed by atoms with Crippen LogP contribution in [0.3, 0.4) is 0 Å². The molecule has 24 heavy (non-hydrogen) atoms. The first kappa shape index (κ1) is 18.1. The van der Waals surface area contributed by atoms with Gasteiger partial charge in [0.1, 0.15) is 5.82 Å². The third-order valence-electron chi connectivity index (χ3n) is 3.61. The molecule has 0 fully saturated rings. The fourth-order valence-electron chi connectivity index (χ4n) is 2.19. The van der Waals surface area contributed by atoms with Gasteiger partial charge in [0, 0.05) is 24.8 Å². The summed E-state index contributed by atoms with van der Waals surface area (Å²) < 4.78 is 18.6. The lowest BCUT2D eigenvalue weighted by molar-refractivity contribution is -0.121. The van der Waals surface area contributed by atoms with Crippen molar-refractivity contribution in [3.8, 4) is 0 Å². The molecule has 1 aromatic heterocycles. The molecule has 0 spiro atoms. The van der Waals surface area contributed by atoms with Crippen molar-refractivity contribution in [2.75, 3.05) is 6.54 Å². The summed E-state index contributed by atoms with van der Waals surface area (Å²) in [6, 6.07) is 6.59. The van der Waals surface area contributed by atoms with Crippen molar-refractivity contribution in [1.82, 2.24) is 15.5 Å². The minimum atomic E-state index is -0.238. The topological polar surface area (TPSA) is 68.0 Å². The number of carbonyl (C=O) groups is 1. The average molecular weight is 333 g/mol. The van der Waals surface area contributed by atoms with Crippen LogP contribution >= 0.6 is 0 Å². The maximum Gasteiger partial charge on any atom is 0.226 e. The molecule has 0 aliphatic carbocycles. The molecule has 0 saturated heterocycles. The Morgan fingerprint density at radius 2 is 2.00 bits per heavy atom. The number of nitrogens with one attached hydrogen (secondary N) is 1. The predicted octanol–water partition coefficient (Wildman–Crippen LogP) is 3.19. The molecular weight excluding hydrogens is 309 g/mol. The van der Waals surface area contributed by atoms with Gasteiger partial charge in [-0.15, -0.1) is 0 Å². The molecule has 0 radical (unpaired) electrons. The van der Waals surface area contributed by atoms with E-state index in [1.165, 1.54) is 6.07 Å². The highest BCUT2D eigenvalue weighted by atomic mass is 19.1. The summed E-state index contributed by atoms with van der Waals surface area (Å²) in [6.45, 7) is 6.48. The van der Waals surface area contributed by atoms with Crippen LogP contribution in [0.2, 0.25) is 0 Å². The lowest BCUT2D eigenvalue weighted by Crippen LogP contribution is -2.25. The van der Waals surface area contributed by atoms with Crippen molar-refractivity contribution in [2.24, 2.45) is 0 Å². The molecule has 5 nitrogen and oxygen atoms in total. The van der Waals surface area contributed by atoms with Crippen LogP contribution in [0.25, 0.3) is 0 Å². The molecule has 1 heterocycles. The number of carbonyl (C=O) groups excluding carboxylic acids is 1. The molecule has 0 aliphatic rings. The highest BCUT2D eigenvalue weighted by Gasteiger charge is 2.20. The molecule has 0 aliphatic heterocycles. The van der Waals surface area contributed by atoms with E-state index in [0.717, 1.165) is 0 Å². The molecule has 0 atom stereocenters. The third-order valence-corrected chi connectivity index (χ3v) is 3.61. The summed E-state index contributed by atoms with van der Waals surface area (Å²) >= 11 is 0. The van der Waals surface area contributed by atoms with Crippen LogP contribution in [-0.2, 0) is 23.1 Å². The summed E-state index contributed by atoms with van der Waals surface area (Å²) in [5, 5.41) is 6.76. The predicted molar refractivity (Wildman–Crippen MR) is 89.0 cm³/mol. The molecule has 0 unspecified atom stereocenters. The quantitative estimate of drug-likeness (QED) is 0.845. The van der Waals surface area contributed by atoms with Crippen molar-refractivity contribution in [3.05, 3.63) is 47.4 Å². The van der Waals surface area contributed by atoms with Gasteiger partial charge in [-0.25, -0.2) is 4.39 Å². The fourth-order valence-corrected chi connectivity index (χ4v) is 2.19. The van der Waals surface area contributed by atoms with E-state index in [9.17, 15) is 9.18 Å². The number of aromatic nitrogens is 2. The van der Waals surface area contributed by atoms with E-state index in [-0.39, 0.29) is 17.1 Å². The standard InChI is InChI=1S/C18H24FN3O2/c1-18(2,3)17-21-16(24-22-17)10-6-9-15(23)20-12-11-13-7-4-5-8-14(13)19/h4-5,7-8H,6,9-12H2,1-3H3,(H,20,23). The largest absolute Gasteiger partial charge is 0.356 e. The van der Waals surface area contributed by atoms with Crippen molar-refractivity contribution in [2.45, 2.75) is 51.9 Å². The van der Waals surface area contributed by atoms with Gasteiger partial charge in [-0.3, -0.25) is 4.79 Å². The zero-order valence-electron chi connectivity index (χ0n) is 14.4. The van der Waals surface area contributed by atoms with E-state index < -0.39 is 0 Å². The van der Waals surface area contributed by atoms with Crippen LogP contribution in [0.15, 0.2) is 28.8 Å². The van der Waals surface area contributed by atoms with Gasteiger partial charge in [0.05, 0.1) is 0 Å². The third kappa shape index (κ3) is 5.44. The molecule has 1 aromatic carbocycles. The van der Waals surface area contributed by atoms with Gasteiger partial charge in [0.25, 0.3) is 0 Å². The number of rotatable bonds is 7. The first-order valence-electron chi connectivity index (χ1n) is 8.19. The van der Waals surface area contributed by atoms with Crippen molar-refractivity contribution in [1.29, 1.82) is 0 Å². The Morgan fingerprint density at radius 1 is 1.25 bits per heavy atom. The fraction of sp³-hybridized carbons (Fsp3) is 0.500. The van der Waals surface area contributed by atoms with E-state index in [0.29, 0.717) is 49.5 Å². The number of halogens is 1. The van der Waals surface area contributed by atoms with E-state index >= 15 is 0 Å². The van der Waals surface area contributed by atoms with Crippen LogP contribution in [0.5, 0.6) is 0 Å². The minimum absolute atomic E-state index is 0.0538. The van der Waals surface area contributed by atoms with Crippen LogP contribution in [-0.4, -0.2) is 22.6 Å². The van der Waals surface area contributed by atoms with E-state index in [1.807, 2.05) is 20.8 Å². The number of hydrogen-bond donors (Lipinski definition) is 1. The molecule has 1 amide bonds. The van der Waals surface area contributed by atoms with Crippen LogP contribution in [0, 0.1) is 5.82 Å². The van der Waals surface area contributed by atoms with E-state index in [4.69, 9.17) is 4.52 Å². The molecule has 0 saturated carbocycles. The van der Waals surface area contributed by atoms with Gasteiger partial charge in [0.15, 0.2) is 5.82 Å². The number of nitrogens with zero attached hydrogens (tertiary/aromatic N) is 2. The Balaban J connectivity index is 1.66. The molecule has 130 valence electrons. The molecule has 0 bridgehead atoms. The second kappa shape index (κ2) is 8.04. The van der Waals surface area contributed by atoms with Crippen LogP contribution in [0.1, 0.15) is 50.9 Å². The minimum Gasteiger partial charge on any atom is -0.356 e. The number of aryl methyl sites for hydroxylation is 1. The first-order chi connectivity index (χ1) is 11.4. The van der Waals surface area contributed by atoms with Gasteiger partial charge in [-0.2, -0.15) is 4.98 Å². The number of benzene rings is 1. The Kier molecular flexibility index (Phi) is 6.06. The Labute approximate surface area is 141 Å². The molecular formula is C18H24FN3O2. The summed E-state index contributed by atoms with van der Waals surface area (Å²) in [7, 11) is 0. The maximum atomic E-state index is 13.5. The smallest absolute Gasteiger partial charge is 0.226 e. The Morgan fingerprint density at radius 3 is 2.67 bits per heavy atom. The Bertz CT molecular complexity index is 677. The van der Waals surface area contributed by atoms with Crippen LogP contribution < -0.4 is 5.32 Å². The summed E-state index contributed by atoms with van der Waals surface area (Å²) in [5.41, 5.74) is 0.463. The zero-order valence-corrected chi connectivity index (χ0v) is 14.4. The van der Waals surface area contributed by atoms with Crippen molar-refractivity contribution < 1.29 is 13.7 Å². The normalized spacial score (nSPS) is 11.5. The maximum absolute atomic E-state index is 13.5. The van der Waals surface area contributed by atoms with E-state index in [2.05, 4.69) is 15.5 Å². The summed E-state index contributed by atoms with van der Waals surface area (Å²) in [4.78, 5) is 16.1. The van der Waals surface area contributed by atoms with Gasteiger partial charge < -0.3 is 9.84 Å². The van der Waals surface area contributed by atoms with Crippen molar-refractivity contribution in [3.63, 3.8) is 0 Å². The number of amides is 1. The lowest BCUT2D eigenvalue weighted by atomic mass is 9.96. The highest BCUT2D eigenvalue weighted by molar-refractivity contribution is 5.75. The molecule has 1 N–H and O–H groups in total. The second-order valence-electron chi connectivity index (χ2n) is 6.81.